The van der Waals surface area contributed by atoms with Gasteiger partial charge in [0, 0.05) is 17.1 Å². The lowest BCUT2D eigenvalue weighted by Crippen LogP contribution is -2.32. The van der Waals surface area contributed by atoms with Gasteiger partial charge in [-0.3, -0.25) is 9.59 Å². The first-order valence-electron chi connectivity index (χ1n) is 10.7. The first kappa shape index (κ1) is 23.8. The Balaban J connectivity index is 2.07. The van der Waals surface area contributed by atoms with Crippen molar-refractivity contribution in [2.45, 2.75) is 25.8 Å². The number of halogens is 1. The highest BCUT2D eigenvalue weighted by Gasteiger charge is 2.45. The van der Waals surface area contributed by atoms with Crippen LogP contribution in [-0.4, -0.2) is 60.4 Å². The summed E-state index contributed by atoms with van der Waals surface area (Å²) in [6.07, 6.45) is 1.56. The number of carbonyl (C=O) groups is 2. The Bertz CT molecular complexity index is 1000. The molecular formula is C25H29ClN2O4. The molecule has 0 spiro atoms. The van der Waals surface area contributed by atoms with Crippen LogP contribution >= 0.6 is 11.6 Å². The Labute approximate surface area is 194 Å². The Morgan fingerprint density at radius 2 is 1.88 bits per heavy atom. The second-order valence-electron chi connectivity index (χ2n) is 8.08. The van der Waals surface area contributed by atoms with Gasteiger partial charge in [-0.15, -0.1) is 0 Å². The van der Waals surface area contributed by atoms with E-state index in [0.29, 0.717) is 35.9 Å². The summed E-state index contributed by atoms with van der Waals surface area (Å²) in [5, 5.41) is 11.6. The highest BCUT2D eigenvalue weighted by atomic mass is 35.5. The third kappa shape index (κ3) is 5.31. The lowest BCUT2D eigenvalue weighted by molar-refractivity contribution is -0.139. The first-order chi connectivity index (χ1) is 15.3. The summed E-state index contributed by atoms with van der Waals surface area (Å²) in [6.45, 7) is 3.75. The second kappa shape index (κ2) is 10.7. The van der Waals surface area contributed by atoms with Crippen LogP contribution in [0.5, 0.6) is 5.75 Å². The number of amides is 1. The zero-order chi connectivity index (χ0) is 23.3. The van der Waals surface area contributed by atoms with Crippen molar-refractivity contribution >= 4 is 29.1 Å². The molecule has 3 rings (SSSR count). The molecule has 1 fully saturated rings. The zero-order valence-corrected chi connectivity index (χ0v) is 19.4. The number of likely N-dealkylation sites (tertiary alicyclic amines) is 1. The van der Waals surface area contributed by atoms with Crippen LogP contribution in [0.15, 0.2) is 54.1 Å². The quantitative estimate of drug-likeness (QED) is 0.341. The minimum atomic E-state index is -0.696. The summed E-state index contributed by atoms with van der Waals surface area (Å²) >= 11 is 5.97. The van der Waals surface area contributed by atoms with Gasteiger partial charge in [0.2, 0.25) is 0 Å². The van der Waals surface area contributed by atoms with Crippen LogP contribution in [0.1, 0.15) is 36.9 Å². The lowest BCUT2D eigenvalue weighted by Gasteiger charge is -2.26. The third-order valence-corrected chi connectivity index (χ3v) is 5.56. The van der Waals surface area contributed by atoms with Crippen LogP contribution in [0.2, 0.25) is 5.02 Å². The van der Waals surface area contributed by atoms with Gasteiger partial charge in [0.15, 0.2) is 0 Å². The molecule has 170 valence electrons. The number of hydrogen-bond acceptors (Lipinski definition) is 5. The predicted molar refractivity (Wildman–Crippen MR) is 126 cm³/mol. The van der Waals surface area contributed by atoms with E-state index >= 15 is 0 Å². The second-order valence-corrected chi connectivity index (χ2v) is 8.51. The van der Waals surface area contributed by atoms with E-state index in [-0.39, 0.29) is 11.3 Å². The molecule has 1 atom stereocenters. The van der Waals surface area contributed by atoms with E-state index in [1.165, 1.54) is 0 Å². The van der Waals surface area contributed by atoms with Crippen LogP contribution in [0.3, 0.4) is 0 Å². The van der Waals surface area contributed by atoms with Gasteiger partial charge in [0.1, 0.15) is 11.5 Å². The number of Topliss-reactive ketones (excluding diaryl/α,β-unsaturated/α-hetero) is 1. The number of hydrogen-bond donors (Lipinski definition) is 1. The Morgan fingerprint density at radius 3 is 2.53 bits per heavy atom. The maximum absolute atomic E-state index is 13.1. The average Bonchev–Trinajstić information content (AvgIpc) is 3.02. The van der Waals surface area contributed by atoms with Gasteiger partial charge in [0.25, 0.3) is 11.7 Å². The van der Waals surface area contributed by atoms with Crippen molar-refractivity contribution in [1.82, 2.24) is 9.80 Å². The average molecular weight is 457 g/mol. The molecule has 6 nitrogen and oxygen atoms in total. The number of rotatable bonds is 9. The van der Waals surface area contributed by atoms with E-state index in [4.69, 9.17) is 16.3 Å². The summed E-state index contributed by atoms with van der Waals surface area (Å²) in [5.41, 5.74) is 1.23. The molecule has 1 aliphatic rings. The van der Waals surface area contributed by atoms with Gasteiger partial charge >= 0.3 is 0 Å². The molecule has 1 saturated heterocycles. The largest absolute Gasteiger partial charge is 0.507 e. The monoisotopic (exact) mass is 456 g/mol. The van der Waals surface area contributed by atoms with Crippen molar-refractivity contribution in [1.29, 1.82) is 0 Å². The number of nitrogens with zero attached hydrogens (tertiary/aromatic N) is 2. The molecule has 0 bridgehead atoms. The molecule has 32 heavy (non-hydrogen) atoms. The molecule has 1 aliphatic heterocycles. The predicted octanol–water partition coefficient (Wildman–Crippen LogP) is 4.50. The van der Waals surface area contributed by atoms with Crippen LogP contribution in [0.4, 0.5) is 0 Å². The van der Waals surface area contributed by atoms with Crippen LogP contribution in [0, 0.1) is 0 Å². The molecule has 2 aromatic carbocycles. The van der Waals surface area contributed by atoms with E-state index in [9.17, 15) is 14.7 Å². The molecule has 2 aromatic rings. The van der Waals surface area contributed by atoms with Gasteiger partial charge in [0.05, 0.1) is 18.2 Å². The molecule has 7 heteroatoms. The van der Waals surface area contributed by atoms with Crippen molar-refractivity contribution in [3.63, 3.8) is 0 Å². The molecule has 1 amide bonds. The first-order valence-corrected chi connectivity index (χ1v) is 11.1. The van der Waals surface area contributed by atoms with E-state index in [1.54, 1.807) is 29.2 Å². The molecular weight excluding hydrogens is 428 g/mol. The van der Waals surface area contributed by atoms with Gasteiger partial charge in [-0.1, -0.05) is 30.7 Å². The van der Waals surface area contributed by atoms with Crippen molar-refractivity contribution in [3.05, 3.63) is 70.3 Å². The SMILES string of the molecule is CCCOc1cccc(C2/C(=C(\O)c3ccc(Cl)cc3)C(=O)C(=O)N2CCCN(C)C)c1. The van der Waals surface area contributed by atoms with Crippen LogP contribution in [0.25, 0.3) is 5.76 Å². The maximum Gasteiger partial charge on any atom is 0.295 e. The molecule has 0 radical (unpaired) electrons. The Kier molecular flexibility index (Phi) is 7.94. The number of benzene rings is 2. The van der Waals surface area contributed by atoms with E-state index in [1.807, 2.05) is 50.2 Å². The number of ketones is 1. The smallest absolute Gasteiger partial charge is 0.295 e. The van der Waals surface area contributed by atoms with Crippen molar-refractivity contribution in [3.8, 4) is 5.75 Å². The molecule has 0 aliphatic carbocycles. The van der Waals surface area contributed by atoms with Gasteiger partial charge in [-0.05, 0) is 75.4 Å². The van der Waals surface area contributed by atoms with E-state index < -0.39 is 17.7 Å². The third-order valence-electron chi connectivity index (χ3n) is 5.31. The maximum atomic E-state index is 13.1. The standard InChI is InChI=1S/C25H29ClN2O4/c1-4-15-32-20-8-5-7-18(16-20)22-21(23(29)17-9-11-19(26)12-10-17)24(30)25(31)28(22)14-6-13-27(2)3/h5,7-12,16,22,29H,4,6,13-15H2,1-3H3/b23-21+. The molecule has 1 heterocycles. The fraction of sp³-hybridized carbons (Fsp3) is 0.360. The fourth-order valence-electron chi connectivity index (χ4n) is 3.77. The van der Waals surface area contributed by atoms with Crippen LogP contribution < -0.4 is 4.74 Å². The minimum Gasteiger partial charge on any atom is -0.507 e. The number of aliphatic hydroxyl groups excluding tert-OH is 1. The number of ether oxygens (including phenoxy) is 1. The van der Waals surface area contributed by atoms with Crippen molar-refractivity contribution in [2.75, 3.05) is 33.8 Å². The van der Waals surface area contributed by atoms with Crippen molar-refractivity contribution in [2.24, 2.45) is 0 Å². The van der Waals surface area contributed by atoms with E-state index in [2.05, 4.69) is 0 Å². The fourth-order valence-corrected chi connectivity index (χ4v) is 3.90. The Hall–Kier alpha value is -2.83. The van der Waals surface area contributed by atoms with Gasteiger partial charge in [-0.2, -0.15) is 0 Å². The lowest BCUT2D eigenvalue weighted by atomic mass is 9.95. The number of aliphatic hydroxyl groups is 1. The van der Waals surface area contributed by atoms with Crippen LogP contribution in [-0.2, 0) is 9.59 Å². The highest BCUT2D eigenvalue weighted by Crippen LogP contribution is 2.40. The highest BCUT2D eigenvalue weighted by molar-refractivity contribution is 6.46. The van der Waals surface area contributed by atoms with Crippen molar-refractivity contribution < 1.29 is 19.4 Å². The summed E-state index contributed by atoms with van der Waals surface area (Å²) in [5.74, 6) is -0.842. The summed E-state index contributed by atoms with van der Waals surface area (Å²) in [4.78, 5) is 29.6. The topological polar surface area (TPSA) is 70.1 Å². The minimum absolute atomic E-state index is 0.0785. The molecule has 1 unspecified atom stereocenters. The molecule has 0 aromatic heterocycles. The molecule has 1 N–H and O–H groups in total. The molecule has 0 saturated carbocycles. The summed E-state index contributed by atoms with van der Waals surface area (Å²) < 4.78 is 5.76. The van der Waals surface area contributed by atoms with Gasteiger partial charge < -0.3 is 19.6 Å². The normalized spacial score (nSPS) is 17.9. The van der Waals surface area contributed by atoms with Gasteiger partial charge in [-0.25, -0.2) is 0 Å². The number of carbonyl (C=O) groups excluding carboxylic acids is 2. The zero-order valence-electron chi connectivity index (χ0n) is 18.7. The summed E-state index contributed by atoms with van der Waals surface area (Å²) in [7, 11) is 3.92. The van der Waals surface area contributed by atoms with E-state index in [0.717, 1.165) is 18.5 Å². The Morgan fingerprint density at radius 1 is 1.16 bits per heavy atom. The summed E-state index contributed by atoms with van der Waals surface area (Å²) in [6, 6.07) is 13.2.